The zero-order valence-electron chi connectivity index (χ0n) is 17.1. The quantitative estimate of drug-likeness (QED) is 0.215. The molecule has 0 aliphatic rings. The predicted molar refractivity (Wildman–Crippen MR) is 127 cm³/mol. The molecule has 0 aliphatic carbocycles. The molecule has 0 saturated heterocycles. The molecule has 156 valence electrons. The Morgan fingerprint density at radius 3 is 2.71 bits per heavy atom. The van der Waals surface area contributed by atoms with E-state index in [4.69, 9.17) is 14.5 Å². The van der Waals surface area contributed by atoms with Crippen molar-refractivity contribution >= 4 is 41.3 Å². The van der Waals surface area contributed by atoms with Gasteiger partial charge in [-0.15, -0.1) is 35.3 Å². The summed E-state index contributed by atoms with van der Waals surface area (Å²) in [7, 11) is 1.70. The molecular formula is C20H31IN4O2S. The molecule has 0 saturated carbocycles. The smallest absolute Gasteiger partial charge is 0.191 e. The van der Waals surface area contributed by atoms with Crippen LogP contribution in [0, 0.1) is 13.8 Å². The van der Waals surface area contributed by atoms with Crippen LogP contribution in [0.2, 0.25) is 0 Å². The molecule has 28 heavy (non-hydrogen) atoms. The van der Waals surface area contributed by atoms with Crippen molar-refractivity contribution in [1.82, 2.24) is 15.6 Å². The zero-order chi connectivity index (χ0) is 19.5. The number of aryl methyl sites for hydroxylation is 2. The summed E-state index contributed by atoms with van der Waals surface area (Å²) < 4.78 is 11.0. The second kappa shape index (κ2) is 13.7. The van der Waals surface area contributed by atoms with Gasteiger partial charge in [-0.2, -0.15) is 0 Å². The third-order valence-electron chi connectivity index (χ3n) is 3.99. The fourth-order valence-electron chi connectivity index (χ4n) is 2.48. The number of nitrogens with one attached hydrogen (secondary N) is 2. The summed E-state index contributed by atoms with van der Waals surface area (Å²) in [4.78, 5) is 10.2. The average Bonchev–Trinajstić information content (AvgIpc) is 3.07. The van der Waals surface area contributed by atoms with Gasteiger partial charge in [-0.3, -0.25) is 0 Å². The minimum atomic E-state index is 0. The predicted octanol–water partition coefficient (Wildman–Crippen LogP) is 4.05. The summed E-state index contributed by atoms with van der Waals surface area (Å²) in [5, 5.41) is 6.67. The molecule has 2 rings (SSSR count). The van der Waals surface area contributed by atoms with Gasteiger partial charge in [0.05, 0.1) is 30.9 Å². The van der Waals surface area contributed by atoms with Gasteiger partial charge in [0.1, 0.15) is 5.75 Å². The van der Waals surface area contributed by atoms with E-state index in [0.29, 0.717) is 19.8 Å². The van der Waals surface area contributed by atoms with E-state index in [-0.39, 0.29) is 24.0 Å². The number of aromatic nitrogens is 1. The van der Waals surface area contributed by atoms with Crippen LogP contribution >= 0.6 is 35.3 Å². The lowest BCUT2D eigenvalue weighted by Crippen LogP contribution is -2.36. The fourth-order valence-corrected chi connectivity index (χ4v) is 3.19. The Bertz CT molecular complexity index is 737. The summed E-state index contributed by atoms with van der Waals surface area (Å²) >= 11 is 1.65. The third kappa shape index (κ3) is 8.32. The van der Waals surface area contributed by atoms with E-state index in [9.17, 15) is 0 Å². The number of ether oxygens (including phenoxy) is 2. The molecule has 0 fully saturated rings. The molecule has 0 spiro atoms. The van der Waals surface area contributed by atoms with Crippen LogP contribution in [-0.2, 0) is 17.8 Å². The fraction of sp³-hybridized carbons (Fsp3) is 0.500. The van der Waals surface area contributed by atoms with Gasteiger partial charge in [0.25, 0.3) is 0 Å². The van der Waals surface area contributed by atoms with Crippen LogP contribution in [0.4, 0.5) is 0 Å². The maximum atomic E-state index is 5.95. The van der Waals surface area contributed by atoms with E-state index in [2.05, 4.69) is 47.7 Å². The Balaban J connectivity index is 0.00000392. The van der Waals surface area contributed by atoms with E-state index in [0.717, 1.165) is 42.5 Å². The Hall–Kier alpha value is -1.39. The Morgan fingerprint density at radius 2 is 2.04 bits per heavy atom. The lowest BCUT2D eigenvalue weighted by Gasteiger charge is -2.13. The van der Waals surface area contributed by atoms with E-state index < -0.39 is 0 Å². The minimum absolute atomic E-state index is 0. The molecule has 8 heteroatoms. The van der Waals surface area contributed by atoms with Gasteiger partial charge >= 0.3 is 0 Å². The number of guanidine groups is 1. The largest absolute Gasteiger partial charge is 0.493 e. The first-order valence-corrected chi connectivity index (χ1v) is 10.1. The first kappa shape index (κ1) is 24.6. The number of aliphatic imine (C=N–C) groups is 1. The maximum Gasteiger partial charge on any atom is 0.191 e. The topological polar surface area (TPSA) is 67.8 Å². The van der Waals surface area contributed by atoms with E-state index in [1.807, 2.05) is 12.4 Å². The van der Waals surface area contributed by atoms with E-state index in [1.54, 1.807) is 18.4 Å². The van der Waals surface area contributed by atoms with Crippen molar-refractivity contribution in [1.29, 1.82) is 0 Å². The van der Waals surface area contributed by atoms with Crippen molar-refractivity contribution in [3.05, 3.63) is 45.4 Å². The molecule has 6 nitrogen and oxygen atoms in total. The minimum Gasteiger partial charge on any atom is -0.493 e. The first-order valence-electron chi connectivity index (χ1n) is 9.26. The van der Waals surface area contributed by atoms with Gasteiger partial charge < -0.3 is 20.1 Å². The molecule has 0 amide bonds. The highest BCUT2D eigenvalue weighted by Crippen LogP contribution is 2.21. The molecule has 0 radical (unpaired) electrons. The molecule has 1 heterocycles. The lowest BCUT2D eigenvalue weighted by atomic mass is 10.1. The SMILES string of the molecule is CCNC(=NCc1ccc(C)cc1OCCCOC)NCc1scnc1C.I. The maximum absolute atomic E-state index is 5.95. The van der Waals surface area contributed by atoms with Crippen molar-refractivity contribution in [2.24, 2.45) is 4.99 Å². The number of halogens is 1. The van der Waals surface area contributed by atoms with Crippen LogP contribution < -0.4 is 15.4 Å². The molecule has 0 aliphatic heterocycles. The van der Waals surface area contributed by atoms with E-state index >= 15 is 0 Å². The highest BCUT2D eigenvalue weighted by atomic mass is 127. The van der Waals surface area contributed by atoms with Gasteiger partial charge in [0.2, 0.25) is 0 Å². The molecule has 0 bridgehead atoms. The molecule has 2 N–H and O–H groups in total. The summed E-state index contributed by atoms with van der Waals surface area (Å²) in [5.41, 5.74) is 5.18. The van der Waals surface area contributed by atoms with Crippen LogP contribution in [0.25, 0.3) is 0 Å². The van der Waals surface area contributed by atoms with Crippen LogP contribution in [0.3, 0.4) is 0 Å². The molecule has 0 atom stereocenters. The highest BCUT2D eigenvalue weighted by molar-refractivity contribution is 14.0. The van der Waals surface area contributed by atoms with Gasteiger partial charge in [-0.25, -0.2) is 9.98 Å². The Morgan fingerprint density at radius 1 is 1.21 bits per heavy atom. The van der Waals surface area contributed by atoms with Crippen molar-refractivity contribution in [2.75, 3.05) is 26.9 Å². The number of thiazole rings is 1. The molecule has 2 aromatic rings. The molecule has 1 aromatic heterocycles. The van der Waals surface area contributed by atoms with Crippen LogP contribution in [0.15, 0.2) is 28.7 Å². The molecule has 0 unspecified atom stereocenters. The Kier molecular flexibility index (Phi) is 12.1. The number of hydrogen-bond acceptors (Lipinski definition) is 5. The highest BCUT2D eigenvalue weighted by Gasteiger charge is 2.06. The summed E-state index contributed by atoms with van der Waals surface area (Å²) in [6.07, 6.45) is 0.867. The van der Waals surface area contributed by atoms with Gasteiger partial charge in [0.15, 0.2) is 5.96 Å². The van der Waals surface area contributed by atoms with Crippen LogP contribution in [0.5, 0.6) is 5.75 Å². The number of rotatable bonds is 10. The summed E-state index contributed by atoms with van der Waals surface area (Å²) in [5.74, 6) is 1.68. The van der Waals surface area contributed by atoms with Crippen LogP contribution in [-0.4, -0.2) is 37.8 Å². The molecular weight excluding hydrogens is 487 g/mol. The standard InChI is InChI=1S/C20H30N4O2S.HI/c1-5-21-20(23-13-19-16(3)24-14-27-19)22-12-17-8-7-15(2)11-18(17)26-10-6-9-25-4;/h7-8,11,14H,5-6,9-10,12-13H2,1-4H3,(H2,21,22,23);1H. The number of hydrogen-bond donors (Lipinski definition) is 2. The zero-order valence-corrected chi connectivity index (χ0v) is 20.2. The van der Waals surface area contributed by atoms with Crippen molar-refractivity contribution in [2.45, 2.75) is 40.3 Å². The normalized spacial score (nSPS) is 11.1. The average molecular weight is 518 g/mol. The van der Waals surface area contributed by atoms with Crippen molar-refractivity contribution < 1.29 is 9.47 Å². The van der Waals surface area contributed by atoms with Gasteiger partial charge in [-0.05, 0) is 32.4 Å². The van der Waals surface area contributed by atoms with Crippen molar-refractivity contribution in [3.8, 4) is 5.75 Å². The van der Waals surface area contributed by atoms with Gasteiger partial charge in [0, 0.05) is 37.1 Å². The number of methoxy groups -OCH3 is 1. The molecule has 1 aromatic carbocycles. The van der Waals surface area contributed by atoms with Crippen LogP contribution in [0.1, 0.15) is 35.0 Å². The first-order chi connectivity index (χ1) is 13.1. The van der Waals surface area contributed by atoms with Gasteiger partial charge in [-0.1, -0.05) is 12.1 Å². The van der Waals surface area contributed by atoms with Crippen molar-refractivity contribution in [3.63, 3.8) is 0 Å². The number of benzene rings is 1. The lowest BCUT2D eigenvalue weighted by molar-refractivity contribution is 0.172. The monoisotopic (exact) mass is 518 g/mol. The van der Waals surface area contributed by atoms with E-state index in [1.165, 1.54) is 10.4 Å². The Labute approximate surface area is 189 Å². The number of nitrogens with zero attached hydrogens (tertiary/aromatic N) is 2. The third-order valence-corrected chi connectivity index (χ3v) is 4.92. The summed E-state index contributed by atoms with van der Waals surface area (Å²) in [6.45, 7) is 9.57. The summed E-state index contributed by atoms with van der Waals surface area (Å²) in [6, 6.07) is 6.24. The second-order valence-corrected chi connectivity index (χ2v) is 7.15. The second-order valence-electron chi connectivity index (χ2n) is 6.22.